The fourth-order valence-electron chi connectivity index (χ4n) is 2.47. The SMILES string of the molecule is C[P+](C)(C)c1cccc2c1ccc1cccnc12. The van der Waals surface area contributed by atoms with Crippen LogP contribution in [0.25, 0.3) is 21.7 Å². The Bertz CT molecular complexity index is 726. The second kappa shape index (κ2) is 4.03. The molecule has 90 valence electrons. The summed E-state index contributed by atoms with van der Waals surface area (Å²) in [6, 6.07) is 15.2. The minimum atomic E-state index is -1.02. The van der Waals surface area contributed by atoms with Gasteiger partial charge in [-0.15, -0.1) is 0 Å². The monoisotopic (exact) mass is 254 g/mol. The zero-order chi connectivity index (χ0) is 12.8. The first-order valence-electron chi connectivity index (χ1n) is 6.16. The predicted molar refractivity (Wildman–Crippen MR) is 83.6 cm³/mol. The predicted octanol–water partition coefficient (Wildman–Crippen LogP) is 3.92. The molecule has 0 spiro atoms. The van der Waals surface area contributed by atoms with E-state index in [1.54, 1.807) is 0 Å². The summed E-state index contributed by atoms with van der Waals surface area (Å²) in [6.45, 7) is 7.10. The normalized spacial score (nSPS) is 12.2. The molecule has 18 heavy (non-hydrogen) atoms. The maximum Gasteiger partial charge on any atom is 0.101 e. The Morgan fingerprint density at radius 3 is 2.44 bits per heavy atom. The van der Waals surface area contributed by atoms with Crippen LogP contribution in [0.2, 0.25) is 0 Å². The molecular weight excluding hydrogens is 237 g/mol. The number of hydrogen-bond donors (Lipinski definition) is 0. The van der Waals surface area contributed by atoms with Gasteiger partial charge < -0.3 is 0 Å². The first kappa shape index (κ1) is 11.6. The van der Waals surface area contributed by atoms with Gasteiger partial charge in [0.1, 0.15) is 5.30 Å². The zero-order valence-corrected chi connectivity index (χ0v) is 11.9. The van der Waals surface area contributed by atoms with Crippen LogP contribution < -0.4 is 5.30 Å². The van der Waals surface area contributed by atoms with E-state index < -0.39 is 7.26 Å². The number of hydrogen-bond acceptors (Lipinski definition) is 1. The second-order valence-corrected chi connectivity index (χ2v) is 10.0. The summed E-state index contributed by atoms with van der Waals surface area (Å²) in [5.41, 5.74) is 1.12. The van der Waals surface area contributed by atoms with E-state index in [4.69, 9.17) is 0 Å². The highest BCUT2D eigenvalue weighted by Crippen LogP contribution is 2.47. The van der Waals surface area contributed by atoms with Crippen molar-refractivity contribution in [2.75, 3.05) is 20.0 Å². The Balaban J connectivity index is 2.48. The topological polar surface area (TPSA) is 12.9 Å². The van der Waals surface area contributed by atoms with Gasteiger partial charge in [0.15, 0.2) is 0 Å². The van der Waals surface area contributed by atoms with Gasteiger partial charge in [-0.05, 0) is 18.2 Å². The van der Waals surface area contributed by atoms with Crippen LogP contribution in [0.3, 0.4) is 0 Å². The number of pyridine rings is 1. The highest BCUT2D eigenvalue weighted by Gasteiger charge is 2.24. The third-order valence-corrected chi connectivity index (χ3v) is 5.16. The van der Waals surface area contributed by atoms with Crippen LogP contribution in [-0.2, 0) is 0 Å². The van der Waals surface area contributed by atoms with Gasteiger partial charge >= 0.3 is 0 Å². The van der Waals surface area contributed by atoms with E-state index in [1.165, 1.54) is 21.5 Å². The first-order chi connectivity index (χ1) is 8.57. The quantitative estimate of drug-likeness (QED) is 0.474. The number of rotatable bonds is 1. The highest BCUT2D eigenvalue weighted by atomic mass is 31.2. The van der Waals surface area contributed by atoms with Gasteiger partial charge in [-0.2, -0.15) is 0 Å². The van der Waals surface area contributed by atoms with Crippen molar-refractivity contribution >= 4 is 34.2 Å². The lowest BCUT2D eigenvalue weighted by Gasteiger charge is -2.14. The lowest BCUT2D eigenvalue weighted by molar-refractivity contribution is 1.43. The van der Waals surface area contributed by atoms with Gasteiger partial charge in [0.2, 0.25) is 0 Å². The molecule has 0 saturated heterocycles. The van der Waals surface area contributed by atoms with E-state index in [1.807, 2.05) is 12.3 Å². The molecule has 1 aromatic heterocycles. The van der Waals surface area contributed by atoms with Crippen LogP contribution in [0.15, 0.2) is 48.7 Å². The van der Waals surface area contributed by atoms with Gasteiger partial charge in [0.05, 0.1) is 25.5 Å². The smallest absolute Gasteiger partial charge is 0.101 e. The maximum atomic E-state index is 4.54. The third kappa shape index (κ3) is 1.79. The van der Waals surface area contributed by atoms with Gasteiger partial charge in [-0.1, -0.05) is 24.3 Å². The van der Waals surface area contributed by atoms with Crippen molar-refractivity contribution in [3.8, 4) is 0 Å². The molecule has 0 aliphatic carbocycles. The van der Waals surface area contributed by atoms with Crippen molar-refractivity contribution in [3.05, 3.63) is 48.7 Å². The summed E-state index contributed by atoms with van der Waals surface area (Å²) < 4.78 is 0. The van der Waals surface area contributed by atoms with E-state index in [9.17, 15) is 0 Å². The molecule has 3 rings (SSSR count). The number of fused-ring (bicyclic) bond motifs is 3. The van der Waals surface area contributed by atoms with E-state index in [0.717, 1.165) is 5.52 Å². The van der Waals surface area contributed by atoms with Crippen molar-refractivity contribution in [1.82, 2.24) is 4.98 Å². The van der Waals surface area contributed by atoms with Crippen molar-refractivity contribution in [3.63, 3.8) is 0 Å². The Hall–Kier alpha value is -1.46. The minimum Gasteiger partial charge on any atom is -0.256 e. The van der Waals surface area contributed by atoms with Crippen molar-refractivity contribution in [2.45, 2.75) is 0 Å². The summed E-state index contributed by atoms with van der Waals surface area (Å²) in [4.78, 5) is 4.54. The average Bonchev–Trinajstić information content (AvgIpc) is 2.36. The molecule has 0 bridgehead atoms. The molecule has 3 aromatic rings. The molecule has 1 heterocycles. The Morgan fingerprint density at radius 1 is 0.833 bits per heavy atom. The summed E-state index contributed by atoms with van der Waals surface area (Å²) in [5.74, 6) is 0. The Labute approximate surface area is 108 Å². The van der Waals surface area contributed by atoms with E-state index in [0.29, 0.717) is 0 Å². The van der Waals surface area contributed by atoms with E-state index in [-0.39, 0.29) is 0 Å². The molecule has 0 radical (unpaired) electrons. The standard InChI is InChI=1S/C16H17NP/c1-18(2,3)15-8-4-7-14-13(15)10-9-12-6-5-11-17-16(12)14/h4-11H,1-3H3/q+1. The summed E-state index contributed by atoms with van der Waals surface area (Å²) in [7, 11) is -1.02. The molecular formula is C16H17NP+. The van der Waals surface area contributed by atoms with Crippen LogP contribution in [0, 0.1) is 0 Å². The van der Waals surface area contributed by atoms with Crippen molar-refractivity contribution in [2.24, 2.45) is 0 Å². The van der Waals surface area contributed by atoms with Crippen molar-refractivity contribution < 1.29 is 0 Å². The minimum absolute atomic E-state index is 1.02. The van der Waals surface area contributed by atoms with Crippen LogP contribution in [0.5, 0.6) is 0 Å². The molecule has 0 aliphatic rings. The summed E-state index contributed by atoms with van der Waals surface area (Å²) in [5, 5.41) is 5.35. The largest absolute Gasteiger partial charge is 0.256 e. The third-order valence-electron chi connectivity index (χ3n) is 3.33. The lowest BCUT2D eigenvalue weighted by atomic mass is 10.1. The fraction of sp³-hybridized carbons (Fsp3) is 0.188. The summed E-state index contributed by atoms with van der Waals surface area (Å²) in [6.07, 6.45) is 1.88. The van der Waals surface area contributed by atoms with Crippen LogP contribution in [-0.4, -0.2) is 25.0 Å². The number of aromatic nitrogens is 1. The Morgan fingerprint density at radius 2 is 1.67 bits per heavy atom. The number of nitrogens with zero attached hydrogens (tertiary/aromatic N) is 1. The molecule has 0 aliphatic heterocycles. The maximum absolute atomic E-state index is 4.54. The zero-order valence-electron chi connectivity index (χ0n) is 11.0. The fourth-order valence-corrected chi connectivity index (χ4v) is 3.92. The number of benzene rings is 2. The van der Waals surface area contributed by atoms with Crippen LogP contribution in [0.4, 0.5) is 0 Å². The first-order valence-corrected chi connectivity index (χ1v) is 9.29. The van der Waals surface area contributed by atoms with Crippen molar-refractivity contribution in [1.29, 1.82) is 0 Å². The molecule has 2 aromatic carbocycles. The van der Waals surface area contributed by atoms with Crippen LogP contribution in [0.1, 0.15) is 0 Å². The average molecular weight is 254 g/mol. The molecule has 2 heteroatoms. The van der Waals surface area contributed by atoms with Gasteiger partial charge in [0.25, 0.3) is 0 Å². The van der Waals surface area contributed by atoms with E-state index >= 15 is 0 Å². The summed E-state index contributed by atoms with van der Waals surface area (Å²) >= 11 is 0. The molecule has 0 N–H and O–H groups in total. The molecule has 0 unspecified atom stereocenters. The van der Waals surface area contributed by atoms with E-state index in [2.05, 4.69) is 61.4 Å². The van der Waals surface area contributed by atoms with Crippen LogP contribution >= 0.6 is 7.26 Å². The molecule has 0 fully saturated rings. The molecule has 1 nitrogen and oxygen atoms in total. The lowest BCUT2D eigenvalue weighted by Crippen LogP contribution is -2.09. The van der Waals surface area contributed by atoms with Gasteiger partial charge in [0, 0.05) is 29.6 Å². The molecule has 0 atom stereocenters. The van der Waals surface area contributed by atoms with Gasteiger partial charge in [-0.25, -0.2) is 0 Å². The molecule has 0 amide bonds. The molecule has 0 saturated carbocycles. The second-order valence-electron chi connectivity index (χ2n) is 5.53. The Kier molecular flexibility index (Phi) is 2.60. The highest BCUT2D eigenvalue weighted by molar-refractivity contribution is 7.81. The van der Waals surface area contributed by atoms with Gasteiger partial charge in [-0.3, -0.25) is 4.98 Å².